The summed E-state index contributed by atoms with van der Waals surface area (Å²) in [6.45, 7) is 2.70. The molecule has 0 aliphatic carbocycles. The first-order valence-corrected chi connectivity index (χ1v) is 6.87. The fourth-order valence-electron chi connectivity index (χ4n) is 2.35. The summed E-state index contributed by atoms with van der Waals surface area (Å²) < 4.78 is 5.74. The van der Waals surface area contributed by atoms with E-state index in [1.54, 1.807) is 0 Å². The van der Waals surface area contributed by atoms with Crippen LogP contribution >= 0.6 is 11.6 Å². The molecular weight excluding hydrogens is 248 g/mol. The Balaban J connectivity index is 1.87. The number of benzene rings is 1. The lowest BCUT2D eigenvalue weighted by molar-refractivity contribution is -0.00258. The molecule has 0 amide bonds. The van der Waals surface area contributed by atoms with E-state index in [-0.39, 0.29) is 0 Å². The Morgan fingerprint density at radius 1 is 1.44 bits per heavy atom. The third-order valence-electron chi connectivity index (χ3n) is 3.31. The lowest BCUT2D eigenvalue weighted by Gasteiger charge is -2.27. The van der Waals surface area contributed by atoms with Crippen LogP contribution in [0.2, 0.25) is 5.02 Å². The van der Waals surface area contributed by atoms with E-state index in [1.807, 2.05) is 18.2 Å². The zero-order valence-electron chi connectivity index (χ0n) is 10.9. The smallest absolute Gasteiger partial charge is 0.0702 e. The average molecular weight is 269 g/mol. The number of halogens is 1. The van der Waals surface area contributed by atoms with E-state index in [1.165, 1.54) is 19.3 Å². The molecule has 1 fully saturated rings. The second-order valence-electron chi connectivity index (χ2n) is 5.04. The molecule has 100 valence electrons. The molecule has 1 aromatic carbocycles. The number of rotatable bonds is 4. The van der Waals surface area contributed by atoms with Gasteiger partial charge < -0.3 is 10.5 Å². The summed E-state index contributed by atoms with van der Waals surface area (Å²) >= 11 is 6.18. The molecule has 1 saturated heterocycles. The van der Waals surface area contributed by atoms with E-state index in [4.69, 9.17) is 22.1 Å². The SMILES string of the molecule is CN(Cc1ccc(N)cc1Cl)CC1CCCCO1. The number of hydrogen-bond donors (Lipinski definition) is 1. The van der Waals surface area contributed by atoms with Crippen molar-refractivity contribution in [3.63, 3.8) is 0 Å². The van der Waals surface area contributed by atoms with Crippen molar-refractivity contribution in [2.75, 3.05) is 25.9 Å². The molecule has 2 rings (SSSR count). The van der Waals surface area contributed by atoms with Gasteiger partial charge in [-0.2, -0.15) is 0 Å². The Labute approximate surface area is 114 Å². The van der Waals surface area contributed by atoms with Crippen LogP contribution in [-0.4, -0.2) is 31.2 Å². The van der Waals surface area contributed by atoms with Gasteiger partial charge in [-0.15, -0.1) is 0 Å². The first-order chi connectivity index (χ1) is 8.65. The van der Waals surface area contributed by atoms with E-state index in [2.05, 4.69) is 11.9 Å². The minimum atomic E-state index is 0.372. The van der Waals surface area contributed by atoms with Crippen molar-refractivity contribution >= 4 is 17.3 Å². The average Bonchev–Trinajstić information content (AvgIpc) is 2.34. The summed E-state index contributed by atoms with van der Waals surface area (Å²) in [5.41, 5.74) is 7.51. The number of nitrogen functional groups attached to an aromatic ring is 1. The van der Waals surface area contributed by atoms with E-state index in [9.17, 15) is 0 Å². The maximum Gasteiger partial charge on any atom is 0.0702 e. The summed E-state index contributed by atoms with van der Waals surface area (Å²) in [6, 6.07) is 5.70. The van der Waals surface area contributed by atoms with E-state index >= 15 is 0 Å². The molecule has 0 radical (unpaired) electrons. The highest BCUT2D eigenvalue weighted by Gasteiger charge is 2.16. The van der Waals surface area contributed by atoms with Crippen molar-refractivity contribution in [2.24, 2.45) is 0 Å². The van der Waals surface area contributed by atoms with E-state index in [0.717, 1.165) is 30.3 Å². The van der Waals surface area contributed by atoms with Crippen molar-refractivity contribution < 1.29 is 4.74 Å². The maximum atomic E-state index is 6.18. The van der Waals surface area contributed by atoms with Gasteiger partial charge in [0.05, 0.1) is 6.10 Å². The Hall–Kier alpha value is -0.770. The predicted molar refractivity (Wildman–Crippen MR) is 75.8 cm³/mol. The molecule has 1 heterocycles. The van der Waals surface area contributed by atoms with Crippen LogP contribution in [0.5, 0.6) is 0 Å². The maximum absolute atomic E-state index is 6.18. The van der Waals surface area contributed by atoms with Crippen molar-refractivity contribution in [3.8, 4) is 0 Å². The summed E-state index contributed by atoms with van der Waals surface area (Å²) in [7, 11) is 2.10. The van der Waals surface area contributed by atoms with Crippen LogP contribution in [-0.2, 0) is 11.3 Å². The van der Waals surface area contributed by atoms with Crippen LogP contribution in [0.3, 0.4) is 0 Å². The Morgan fingerprint density at radius 2 is 2.28 bits per heavy atom. The van der Waals surface area contributed by atoms with Gasteiger partial charge in [0.15, 0.2) is 0 Å². The largest absolute Gasteiger partial charge is 0.399 e. The zero-order chi connectivity index (χ0) is 13.0. The van der Waals surface area contributed by atoms with Gasteiger partial charge in [-0.25, -0.2) is 0 Å². The molecule has 18 heavy (non-hydrogen) atoms. The fourth-order valence-corrected chi connectivity index (χ4v) is 2.59. The van der Waals surface area contributed by atoms with E-state index < -0.39 is 0 Å². The van der Waals surface area contributed by atoms with Crippen LogP contribution < -0.4 is 5.73 Å². The first kappa shape index (κ1) is 13.7. The monoisotopic (exact) mass is 268 g/mol. The number of hydrogen-bond acceptors (Lipinski definition) is 3. The third-order valence-corrected chi connectivity index (χ3v) is 3.66. The molecule has 1 unspecified atom stereocenters. The topological polar surface area (TPSA) is 38.5 Å². The summed E-state index contributed by atoms with van der Waals surface area (Å²) in [4.78, 5) is 2.26. The molecule has 1 atom stereocenters. The Morgan fingerprint density at radius 3 is 2.94 bits per heavy atom. The van der Waals surface area contributed by atoms with Gasteiger partial charge in [0.2, 0.25) is 0 Å². The van der Waals surface area contributed by atoms with Crippen LogP contribution in [0.25, 0.3) is 0 Å². The Kier molecular flexibility index (Phi) is 4.87. The van der Waals surface area contributed by atoms with Gasteiger partial charge in [0, 0.05) is 30.4 Å². The van der Waals surface area contributed by atoms with Crippen LogP contribution in [0.4, 0.5) is 5.69 Å². The van der Waals surface area contributed by atoms with Gasteiger partial charge in [-0.3, -0.25) is 4.90 Å². The summed E-state index contributed by atoms with van der Waals surface area (Å²) in [5.74, 6) is 0. The molecule has 3 nitrogen and oxygen atoms in total. The van der Waals surface area contributed by atoms with Crippen molar-refractivity contribution in [1.29, 1.82) is 0 Å². The molecule has 0 bridgehead atoms. The minimum Gasteiger partial charge on any atom is -0.399 e. The molecular formula is C14H21ClN2O. The number of nitrogens with two attached hydrogens (primary N) is 1. The van der Waals surface area contributed by atoms with Crippen molar-refractivity contribution in [1.82, 2.24) is 4.90 Å². The van der Waals surface area contributed by atoms with Gasteiger partial charge in [0.1, 0.15) is 0 Å². The lowest BCUT2D eigenvalue weighted by atomic mass is 10.1. The molecule has 0 aromatic heterocycles. The predicted octanol–water partition coefficient (Wildman–Crippen LogP) is 2.92. The zero-order valence-corrected chi connectivity index (χ0v) is 11.6. The number of nitrogens with zero attached hydrogens (tertiary/aromatic N) is 1. The van der Waals surface area contributed by atoms with Gasteiger partial charge in [0.25, 0.3) is 0 Å². The van der Waals surface area contributed by atoms with Crippen molar-refractivity contribution in [3.05, 3.63) is 28.8 Å². The van der Waals surface area contributed by atoms with Crippen molar-refractivity contribution in [2.45, 2.75) is 31.9 Å². The quantitative estimate of drug-likeness (QED) is 0.854. The number of ether oxygens (including phenoxy) is 1. The highest BCUT2D eigenvalue weighted by atomic mass is 35.5. The first-order valence-electron chi connectivity index (χ1n) is 6.49. The minimum absolute atomic E-state index is 0.372. The van der Waals surface area contributed by atoms with Gasteiger partial charge in [-0.1, -0.05) is 17.7 Å². The summed E-state index contributed by atoms with van der Waals surface area (Å²) in [5, 5.41) is 0.742. The molecule has 4 heteroatoms. The van der Waals surface area contributed by atoms with Crippen LogP contribution in [0.1, 0.15) is 24.8 Å². The Bertz CT molecular complexity index is 391. The molecule has 0 spiro atoms. The standard InChI is InChI=1S/C14H21ClN2O/c1-17(10-13-4-2-3-7-18-13)9-11-5-6-12(16)8-14(11)15/h5-6,8,13H,2-4,7,9-10,16H2,1H3. The molecule has 2 N–H and O–H groups in total. The molecule has 0 saturated carbocycles. The number of likely N-dealkylation sites (N-methyl/N-ethyl adjacent to an activating group) is 1. The molecule has 1 aromatic rings. The van der Waals surface area contributed by atoms with E-state index in [0.29, 0.717) is 11.8 Å². The highest BCUT2D eigenvalue weighted by Crippen LogP contribution is 2.21. The lowest BCUT2D eigenvalue weighted by Crippen LogP contribution is -2.33. The van der Waals surface area contributed by atoms with Gasteiger partial charge >= 0.3 is 0 Å². The third kappa shape index (κ3) is 3.87. The van der Waals surface area contributed by atoms with Gasteiger partial charge in [-0.05, 0) is 44.0 Å². The number of anilines is 1. The van der Waals surface area contributed by atoms with Crippen LogP contribution in [0, 0.1) is 0 Å². The summed E-state index contributed by atoms with van der Waals surface area (Å²) in [6.07, 6.45) is 4.02. The fraction of sp³-hybridized carbons (Fsp3) is 0.571. The normalized spacial score (nSPS) is 20.3. The second-order valence-corrected chi connectivity index (χ2v) is 5.44. The highest BCUT2D eigenvalue weighted by molar-refractivity contribution is 6.31. The van der Waals surface area contributed by atoms with Crippen LogP contribution in [0.15, 0.2) is 18.2 Å². The second kappa shape index (κ2) is 6.41. The molecule has 1 aliphatic heterocycles. The molecule has 1 aliphatic rings.